The van der Waals surface area contributed by atoms with Gasteiger partial charge in [-0.15, -0.1) is 0 Å². The van der Waals surface area contributed by atoms with E-state index in [0.29, 0.717) is 12.5 Å². The number of urea groups is 1. The van der Waals surface area contributed by atoms with Crippen molar-refractivity contribution >= 4 is 11.9 Å². The second-order valence-corrected chi connectivity index (χ2v) is 5.52. The number of hydrogen-bond donors (Lipinski definition) is 2. The number of imide groups is 1. The zero-order valence-corrected chi connectivity index (χ0v) is 12.5. The Morgan fingerprint density at radius 2 is 2.05 bits per heavy atom. The van der Waals surface area contributed by atoms with E-state index in [2.05, 4.69) is 41.4 Å². The lowest BCUT2D eigenvalue weighted by Crippen LogP contribution is -2.41. The Morgan fingerprint density at radius 1 is 1.33 bits per heavy atom. The molecule has 0 radical (unpaired) electrons. The number of nitrogens with zero attached hydrogens (tertiary/aromatic N) is 1. The molecule has 0 bridgehead atoms. The van der Waals surface area contributed by atoms with Gasteiger partial charge in [0.25, 0.3) is 0 Å². The van der Waals surface area contributed by atoms with E-state index in [-0.39, 0.29) is 5.91 Å². The number of nitrogens with two attached hydrogens (primary N) is 1. The van der Waals surface area contributed by atoms with Gasteiger partial charge in [-0.05, 0) is 36.9 Å². The average molecular weight is 289 g/mol. The molecule has 2 rings (SSSR count). The van der Waals surface area contributed by atoms with Crippen LogP contribution in [0.1, 0.15) is 37.3 Å². The third kappa shape index (κ3) is 4.29. The molecule has 1 aromatic rings. The first-order valence-electron chi connectivity index (χ1n) is 7.50. The Labute approximate surface area is 125 Å². The van der Waals surface area contributed by atoms with Gasteiger partial charge in [-0.25, -0.2) is 4.79 Å². The van der Waals surface area contributed by atoms with Crippen LogP contribution in [0.25, 0.3) is 0 Å². The molecule has 0 aliphatic carbocycles. The Morgan fingerprint density at radius 3 is 2.71 bits per heavy atom. The molecule has 5 heteroatoms. The summed E-state index contributed by atoms with van der Waals surface area (Å²) in [7, 11) is 0. The monoisotopic (exact) mass is 289 g/mol. The van der Waals surface area contributed by atoms with E-state index in [1.165, 1.54) is 11.1 Å². The molecule has 1 atom stereocenters. The van der Waals surface area contributed by atoms with Crippen molar-refractivity contribution in [3.63, 3.8) is 0 Å². The van der Waals surface area contributed by atoms with Crippen molar-refractivity contribution in [1.82, 2.24) is 10.2 Å². The van der Waals surface area contributed by atoms with Gasteiger partial charge in [-0.2, -0.15) is 0 Å². The van der Waals surface area contributed by atoms with Crippen molar-refractivity contribution < 1.29 is 9.59 Å². The van der Waals surface area contributed by atoms with Gasteiger partial charge in [-0.3, -0.25) is 15.0 Å². The van der Waals surface area contributed by atoms with Gasteiger partial charge >= 0.3 is 6.03 Å². The normalized spacial score (nSPS) is 18.0. The maximum absolute atomic E-state index is 11.4. The summed E-state index contributed by atoms with van der Waals surface area (Å²) in [5.74, 6) is -0.298. The molecule has 0 spiro atoms. The molecule has 3 amide bonds. The van der Waals surface area contributed by atoms with Gasteiger partial charge in [-0.1, -0.05) is 31.2 Å². The van der Waals surface area contributed by atoms with Crippen molar-refractivity contribution in [1.29, 1.82) is 0 Å². The van der Waals surface area contributed by atoms with E-state index in [1.54, 1.807) is 0 Å². The fourth-order valence-corrected chi connectivity index (χ4v) is 2.95. The van der Waals surface area contributed by atoms with Gasteiger partial charge in [0.2, 0.25) is 5.91 Å². The molecule has 0 saturated heterocycles. The van der Waals surface area contributed by atoms with Crippen LogP contribution in [0.2, 0.25) is 0 Å². The van der Waals surface area contributed by atoms with Crippen molar-refractivity contribution in [3.8, 4) is 0 Å². The molecular weight excluding hydrogens is 266 g/mol. The highest BCUT2D eigenvalue weighted by Gasteiger charge is 2.24. The van der Waals surface area contributed by atoms with Crippen molar-refractivity contribution in [2.24, 2.45) is 5.73 Å². The fourth-order valence-electron chi connectivity index (χ4n) is 2.95. The summed E-state index contributed by atoms with van der Waals surface area (Å²) >= 11 is 0. The molecular formula is C16H23N3O2. The maximum Gasteiger partial charge on any atom is 0.318 e. The molecule has 5 nitrogen and oxygen atoms in total. The fraction of sp³-hybridized carbons (Fsp3) is 0.500. The maximum atomic E-state index is 11.4. The predicted octanol–water partition coefficient (Wildman–Crippen LogP) is 1.80. The van der Waals surface area contributed by atoms with E-state index in [1.807, 2.05) is 0 Å². The average Bonchev–Trinajstić information content (AvgIpc) is 2.45. The molecule has 0 fully saturated rings. The largest absolute Gasteiger partial charge is 0.351 e. The molecule has 0 aromatic heterocycles. The molecule has 1 heterocycles. The smallest absolute Gasteiger partial charge is 0.318 e. The number of carbonyl (C=O) groups is 2. The lowest BCUT2D eigenvalue weighted by atomic mass is 9.92. The highest BCUT2D eigenvalue weighted by molar-refractivity contribution is 5.93. The Bertz CT molecular complexity index is 516. The van der Waals surface area contributed by atoms with Crippen LogP contribution in [-0.4, -0.2) is 29.4 Å². The Balaban J connectivity index is 1.88. The molecule has 1 aromatic carbocycles. The topological polar surface area (TPSA) is 75.4 Å². The van der Waals surface area contributed by atoms with Gasteiger partial charge in [0.1, 0.15) is 0 Å². The molecule has 1 unspecified atom stereocenters. The number of amides is 3. The first-order valence-corrected chi connectivity index (χ1v) is 7.50. The van der Waals surface area contributed by atoms with Crippen LogP contribution < -0.4 is 11.1 Å². The summed E-state index contributed by atoms with van der Waals surface area (Å²) in [5.41, 5.74) is 7.74. The summed E-state index contributed by atoms with van der Waals surface area (Å²) < 4.78 is 0. The van der Waals surface area contributed by atoms with Crippen LogP contribution in [0.3, 0.4) is 0 Å². The Hall–Kier alpha value is -1.88. The van der Waals surface area contributed by atoms with Gasteiger partial charge < -0.3 is 5.73 Å². The minimum absolute atomic E-state index is 0.298. The summed E-state index contributed by atoms with van der Waals surface area (Å²) in [4.78, 5) is 24.4. The molecule has 0 saturated carbocycles. The van der Waals surface area contributed by atoms with E-state index < -0.39 is 6.03 Å². The van der Waals surface area contributed by atoms with E-state index in [0.717, 1.165) is 32.4 Å². The minimum Gasteiger partial charge on any atom is -0.351 e. The lowest BCUT2D eigenvalue weighted by Gasteiger charge is -2.36. The second kappa shape index (κ2) is 7.22. The minimum atomic E-state index is -0.779. The lowest BCUT2D eigenvalue weighted by molar-refractivity contribution is -0.120. The predicted molar refractivity (Wildman–Crippen MR) is 81.6 cm³/mol. The number of nitrogens with one attached hydrogen (secondary N) is 1. The number of carbonyl (C=O) groups excluding carboxylic acids is 2. The van der Waals surface area contributed by atoms with Crippen molar-refractivity contribution in [2.45, 2.75) is 45.2 Å². The first-order chi connectivity index (χ1) is 10.1. The number of hydrogen-bond acceptors (Lipinski definition) is 3. The molecule has 1 aliphatic rings. The molecule has 114 valence electrons. The van der Waals surface area contributed by atoms with E-state index in [9.17, 15) is 9.59 Å². The van der Waals surface area contributed by atoms with Crippen LogP contribution in [0.4, 0.5) is 4.79 Å². The van der Waals surface area contributed by atoms with Crippen LogP contribution in [0.5, 0.6) is 0 Å². The summed E-state index contributed by atoms with van der Waals surface area (Å²) in [6.45, 7) is 4.00. The zero-order valence-electron chi connectivity index (χ0n) is 12.5. The van der Waals surface area contributed by atoms with Gasteiger partial charge in [0.15, 0.2) is 0 Å². The zero-order chi connectivity index (χ0) is 15.2. The van der Waals surface area contributed by atoms with E-state index >= 15 is 0 Å². The highest BCUT2D eigenvalue weighted by Crippen LogP contribution is 2.25. The standard InChI is InChI=1S/C16H23N3O2/c1-2-14-10-12-6-3-4-7-13(12)11-19(14)9-5-8-15(20)18-16(17)21/h3-4,6-7,14H,2,5,8-11H2,1H3,(H3,17,18,20,21). The highest BCUT2D eigenvalue weighted by atomic mass is 16.2. The van der Waals surface area contributed by atoms with Crippen LogP contribution >= 0.6 is 0 Å². The quantitative estimate of drug-likeness (QED) is 0.868. The SMILES string of the molecule is CCC1Cc2ccccc2CN1CCCC(=O)NC(N)=O. The third-order valence-electron chi connectivity index (χ3n) is 4.05. The summed E-state index contributed by atoms with van der Waals surface area (Å²) in [5, 5.41) is 2.10. The van der Waals surface area contributed by atoms with Crippen molar-refractivity contribution in [2.75, 3.05) is 6.54 Å². The van der Waals surface area contributed by atoms with Crippen LogP contribution in [-0.2, 0) is 17.8 Å². The van der Waals surface area contributed by atoms with Gasteiger partial charge in [0.05, 0.1) is 0 Å². The molecule has 3 N–H and O–H groups in total. The van der Waals surface area contributed by atoms with E-state index in [4.69, 9.17) is 5.73 Å². The first kappa shape index (κ1) is 15.5. The number of primary amides is 1. The third-order valence-corrected chi connectivity index (χ3v) is 4.05. The summed E-state index contributed by atoms with van der Waals surface area (Å²) in [6.07, 6.45) is 3.23. The number of rotatable bonds is 5. The van der Waals surface area contributed by atoms with Crippen LogP contribution in [0, 0.1) is 0 Å². The van der Waals surface area contributed by atoms with Gasteiger partial charge in [0, 0.05) is 19.0 Å². The number of benzene rings is 1. The van der Waals surface area contributed by atoms with Crippen LogP contribution in [0.15, 0.2) is 24.3 Å². The molecule has 21 heavy (non-hydrogen) atoms. The number of fused-ring (bicyclic) bond motifs is 1. The summed E-state index contributed by atoms with van der Waals surface area (Å²) in [6, 6.07) is 8.29. The van der Waals surface area contributed by atoms with Crippen molar-refractivity contribution in [3.05, 3.63) is 35.4 Å². The second-order valence-electron chi connectivity index (χ2n) is 5.52. The molecule has 1 aliphatic heterocycles. The Kier molecular flexibility index (Phi) is 5.33.